The molecular weight excluding hydrogens is 248 g/mol. The van der Waals surface area contributed by atoms with E-state index in [1.807, 2.05) is 7.05 Å². The standard InChI is InChI=1S/C13H22N2O4/c1-10-11(8-12(19-10)13(16)17)9-14-4-5-15(2)6-7-18-3/h8,14H,4-7,9H2,1-3H3,(H,16,17). The third-order valence-corrected chi connectivity index (χ3v) is 2.89. The highest BCUT2D eigenvalue weighted by Crippen LogP contribution is 2.14. The van der Waals surface area contributed by atoms with E-state index in [1.54, 1.807) is 20.1 Å². The molecular formula is C13H22N2O4. The highest BCUT2D eigenvalue weighted by Gasteiger charge is 2.12. The molecule has 0 unspecified atom stereocenters. The van der Waals surface area contributed by atoms with Crippen molar-refractivity contribution in [2.75, 3.05) is 40.4 Å². The molecule has 1 aromatic rings. The summed E-state index contributed by atoms with van der Waals surface area (Å²) in [4.78, 5) is 12.9. The molecule has 0 amide bonds. The summed E-state index contributed by atoms with van der Waals surface area (Å²) in [6.45, 7) is 5.74. The Morgan fingerprint density at radius 3 is 2.84 bits per heavy atom. The molecule has 6 nitrogen and oxygen atoms in total. The maximum absolute atomic E-state index is 10.8. The molecule has 0 bridgehead atoms. The van der Waals surface area contributed by atoms with Crippen LogP contribution in [0.4, 0.5) is 0 Å². The van der Waals surface area contributed by atoms with Crippen LogP contribution in [0.3, 0.4) is 0 Å². The largest absolute Gasteiger partial charge is 0.475 e. The van der Waals surface area contributed by atoms with Crippen molar-refractivity contribution in [2.45, 2.75) is 13.5 Å². The van der Waals surface area contributed by atoms with Crippen molar-refractivity contribution in [3.8, 4) is 0 Å². The van der Waals surface area contributed by atoms with E-state index < -0.39 is 5.97 Å². The number of hydrogen-bond donors (Lipinski definition) is 2. The van der Waals surface area contributed by atoms with Gasteiger partial charge in [-0.2, -0.15) is 0 Å². The predicted molar refractivity (Wildman–Crippen MR) is 71.5 cm³/mol. The van der Waals surface area contributed by atoms with Crippen molar-refractivity contribution in [3.63, 3.8) is 0 Å². The first-order chi connectivity index (χ1) is 9.04. The second kappa shape index (κ2) is 7.93. The predicted octanol–water partition coefficient (Wildman–Crippen LogP) is 0.954. The Kier molecular flexibility index (Phi) is 6.55. The smallest absolute Gasteiger partial charge is 0.371 e. The number of hydrogen-bond acceptors (Lipinski definition) is 5. The number of likely N-dealkylation sites (N-methyl/N-ethyl adjacent to an activating group) is 1. The zero-order valence-electron chi connectivity index (χ0n) is 11.7. The SMILES string of the molecule is COCCN(C)CCNCc1cc(C(=O)O)oc1C. The maximum atomic E-state index is 10.8. The highest BCUT2D eigenvalue weighted by molar-refractivity contribution is 5.84. The molecule has 0 aliphatic heterocycles. The molecule has 0 fully saturated rings. The van der Waals surface area contributed by atoms with E-state index in [0.29, 0.717) is 12.3 Å². The molecule has 0 spiro atoms. The zero-order valence-corrected chi connectivity index (χ0v) is 11.7. The fraction of sp³-hybridized carbons (Fsp3) is 0.615. The Morgan fingerprint density at radius 1 is 1.53 bits per heavy atom. The summed E-state index contributed by atoms with van der Waals surface area (Å²) >= 11 is 0. The first-order valence-electron chi connectivity index (χ1n) is 6.25. The van der Waals surface area contributed by atoms with Crippen molar-refractivity contribution in [1.29, 1.82) is 0 Å². The Hall–Kier alpha value is -1.37. The van der Waals surface area contributed by atoms with Crippen LogP contribution < -0.4 is 5.32 Å². The molecule has 6 heteroatoms. The van der Waals surface area contributed by atoms with Gasteiger partial charge in [-0.3, -0.25) is 0 Å². The molecule has 2 N–H and O–H groups in total. The van der Waals surface area contributed by atoms with Crippen LogP contribution in [-0.2, 0) is 11.3 Å². The number of ether oxygens (including phenoxy) is 1. The van der Waals surface area contributed by atoms with Crippen LogP contribution in [-0.4, -0.2) is 56.4 Å². The topological polar surface area (TPSA) is 74.9 Å². The number of rotatable bonds is 9. The Balaban J connectivity index is 2.27. The molecule has 0 atom stereocenters. The fourth-order valence-electron chi connectivity index (χ4n) is 1.65. The molecule has 0 aromatic carbocycles. The third kappa shape index (κ3) is 5.42. The second-order valence-corrected chi connectivity index (χ2v) is 4.47. The lowest BCUT2D eigenvalue weighted by atomic mass is 10.2. The van der Waals surface area contributed by atoms with E-state index in [9.17, 15) is 4.79 Å². The summed E-state index contributed by atoms with van der Waals surface area (Å²) in [6, 6.07) is 1.57. The fourth-order valence-corrected chi connectivity index (χ4v) is 1.65. The summed E-state index contributed by atoms with van der Waals surface area (Å²) in [5.41, 5.74) is 0.886. The van der Waals surface area contributed by atoms with Gasteiger partial charge in [-0.1, -0.05) is 0 Å². The normalized spacial score (nSPS) is 11.2. The summed E-state index contributed by atoms with van der Waals surface area (Å²) in [6.07, 6.45) is 0. The molecule has 108 valence electrons. The number of aromatic carboxylic acids is 1. The minimum atomic E-state index is -1.03. The van der Waals surface area contributed by atoms with Gasteiger partial charge in [0.2, 0.25) is 5.76 Å². The van der Waals surface area contributed by atoms with Gasteiger partial charge < -0.3 is 24.5 Å². The van der Waals surface area contributed by atoms with Crippen LogP contribution in [0.25, 0.3) is 0 Å². The zero-order chi connectivity index (χ0) is 14.3. The van der Waals surface area contributed by atoms with E-state index in [0.717, 1.165) is 31.8 Å². The van der Waals surface area contributed by atoms with Crippen molar-refractivity contribution in [3.05, 3.63) is 23.2 Å². The quantitative estimate of drug-likeness (QED) is 0.651. The second-order valence-electron chi connectivity index (χ2n) is 4.47. The van der Waals surface area contributed by atoms with Crippen LogP contribution in [0.1, 0.15) is 21.9 Å². The lowest BCUT2D eigenvalue weighted by Gasteiger charge is -2.16. The van der Waals surface area contributed by atoms with Crippen LogP contribution in [0.5, 0.6) is 0 Å². The Labute approximate surface area is 113 Å². The first-order valence-corrected chi connectivity index (χ1v) is 6.25. The van der Waals surface area contributed by atoms with E-state index in [4.69, 9.17) is 14.3 Å². The Morgan fingerprint density at radius 2 is 2.26 bits per heavy atom. The van der Waals surface area contributed by atoms with Crippen molar-refractivity contribution in [2.24, 2.45) is 0 Å². The van der Waals surface area contributed by atoms with Gasteiger partial charge in [-0.25, -0.2) is 4.79 Å². The highest BCUT2D eigenvalue weighted by atomic mass is 16.5. The number of carboxylic acids is 1. The number of aryl methyl sites for hydroxylation is 1. The number of methoxy groups -OCH3 is 1. The maximum Gasteiger partial charge on any atom is 0.371 e. The molecule has 19 heavy (non-hydrogen) atoms. The Bertz CT molecular complexity index is 403. The summed E-state index contributed by atoms with van der Waals surface area (Å²) in [7, 11) is 3.72. The lowest BCUT2D eigenvalue weighted by molar-refractivity contribution is 0.0661. The average molecular weight is 270 g/mol. The molecule has 1 heterocycles. The molecule has 0 aliphatic carbocycles. The number of nitrogens with zero attached hydrogens (tertiary/aromatic N) is 1. The molecule has 0 saturated carbocycles. The van der Waals surface area contributed by atoms with Gasteiger partial charge in [0.15, 0.2) is 0 Å². The molecule has 1 aromatic heterocycles. The number of furan rings is 1. The van der Waals surface area contributed by atoms with Gasteiger partial charge in [0.05, 0.1) is 6.61 Å². The molecule has 0 saturated heterocycles. The third-order valence-electron chi connectivity index (χ3n) is 2.89. The van der Waals surface area contributed by atoms with Crippen LogP contribution in [0.2, 0.25) is 0 Å². The minimum Gasteiger partial charge on any atom is -0.475 e. The van der Waals surface area contributed by atoms with Crippen molar-refractivity contribution < 1.29 is 19.1 Å². The lowest BCUT2D eigenvalue weighted by Crippen LogP contribution is -2.31. The van der Waals surface area contributed by atoms with Gasteiger partial charge >= 0.3 is 5.97 Å². The molecule has 0 radical (unpaired) electrons. The summed E-state index contributed by atoms with van der Waals surface area (Å²) in [5.74, 6) is -0.391. The summed E-state index contributed by atoms with van der Waals surface area (Å²) in [5, 5.41) is 12.1. The van der Waals surface area contributed by atoms with E-state index in [2.05, 4.69) is 10.2 Å². The van der Waals surface area contributed by atoms with Gasteiger partial charge in [-0.05, 0) is 20.0 Å². The number of carbonyl (C=O) groups is 1. The first kappa shape index (κ1) is 15.7. The van der Waals surface area contributed by atoms with Crippen molar-refractivity contribution >= 4 is 5.97 Å². The minimum absolute atomic E-state index is 0.00786. The average Bonchev–Trinajstić information content (AvgIpc) is 2.74. The van der Waals surface area contributed by atoms with Gasteiger partial charge in [-0.15, -0.1) is 0 Å². The van der Waals surface area contributed by atoms with Gasteiger partial charge in [0, 0.05) is 38.9 Å². The van der Waals surface area contributed by atoms with Gasteiger partial charge in [0.1, 0.15) is 5.76 Å². The summed E-state index contributed by atoms with van der Waals surface area (Å²) < 4.78 is 10.1. The molecule has 1 rings (SSSR count). The monoisotopic (exact) mass is 270 g/mol. The van der Waals surface area contributed by atoms with Crippen molar-refractivity contribution in [1.82, 2.24) is 10.2 Å². The van der Waals surface area contributed by atoms with E-state index in [-0.39, 0.29) is 5.76 Å². The van der Waals surface area contributed by atoms with Crippen LogP contribution in [0, 0.1) is 6.92 Å². The molecule has 0 aliphatic rings. The van der Waals surface area contributed by atoms with Crippen LogP contribution in [0.15, 0.2) is 10.5 Å². The van der Waals surface area contributed by atoms with Gasteiger partial charge in [0.25, 0.3) is 0 Å². The van der Waals surface area contributed by atoms with E-state index >= 15 is 0 Å². The van der Waals surface area contributed by atoms with Crippen LogP contribution >= 0.6 is 0 Å². The number of carboxylic acid groups (broad SMARTS) is 1. The van der Waals surface area contributed by atoms with E-state index in [1.165, 1.54) is 0 Å². The number of nitrogens with one attached hydrogen (secondary N) is 1.